The maximum absolute atomic E-state index is 13.1. The van der Waals surface area contributed by atoms with Crippen molar-refractivity contribution < 1.29 is 9.59 Å². The molecule has 0 radical (unpaired) electrons. The van der Waals surface area contributed by atoms with E-state index >= 15 is 0 Å². The second-order valence-electron chi connectivity index (χ2n) is 10.8. The molecular weight excluding hydrogens is 592 g/mol. The van der Waals surface area contributed by atoms with Crippen molar-refractivity contribution in [1.29, 1.82) is 5.26 Å². The molecule has 0 spiro atoms. The number of carbonyl (C=O) groups is 2. The molecule has 0 aliphatic carbocycles. The van der Waals surface area contributed by atoms with Crippen LogP contribution < -0.4 is 21.5 Å². The molecule has 0 unspecified atom stereocenters. The number of aryl methyl sites for hydroxylation is 2. The lowest BCUT2D eigenvalue weighted by Gasteiger charge is -2.15. The highest BCUT2D eigenvalue weighted by Crippen LogP contribution is 2.28. The zero-order valence-corrected chi connectivity index (χ0v) is 25.8. The van der Waals surface area contributed by atoms with Crippen molar-refractivity contribution in [2.24, 2.45) is 0 Å². The zero-order valence-electron chi connectivity index (χ0n) is 25.1. The van der Waals surface area contributed by atoms with Crippen LogP contribution in [0.25, 0.3) is 22.4 Å². The smallest absolute Gasteiger partial charge is 0.323 e. The van der Waals surface area contributed by atoms with Crippen molar-refractivity contribution >= 4 is 34.9 Å². The molecule has 11 nitrogen and oxygen atoms in total. The summed E-state index contributed by atoms with van der Waals surface area (Å²) < 4.78 is 1.27. The molecule has 1 aliphatic rings. The van der Waals surface area contributed by atoms with Gasteiger partial charge in [0.15, 0.2) is 0 Å². The van der Waals surface area contributed by atoms with Gasteiger partial charge in [-0.25, -0.2) is 9.48 Å². The Kier molecular flexibility index (Phi) is 9.87. The van der Waals surface area contributed by atoms with Crippen molar-refractivity contribution in [1.82, 2.24) is 25.0 Å². The number of likely N-dealkylation sites (tertiary alicyclic amines) is 1. The fourth-order valence-electron chi connectivity index (χ4n) is 5.23. The molecule has 12 heteroatoms. The van der Waals surface area contributed by atoms with Crippen LogP contribution in [0.4, 0.5) is 16.2 Å². The molecule has 1 fully saturated rings. The summed E-state index contributed by atoms with van der Waals surface area (Å²) in [6.45, 7) is 7.24. The van der Waals surface area contributed by atoms with E-state index in [4.69, 9.17) is 11.6 Å². The first kappa shape index (κ1) is 31.4. The number of rotatable bonds is 9. The summed E-state index contributed by atoms with van der Waals surface area (Å²) in [4.78, 5) is 45.3. The van der Waals surface area contributed by atoms with Crippen LogP contribution in [-0.4, -0.2) is 57.8 Å². The maximum atomic E-state index is 13.1. The van der Waals surface area contributed by atoms with Gasteiger partial charge in [-0.2, -0.15) is 10.4 Å². The summed E-state index contributed by atoms with van der Waals surface area (Å²) in [5.41, 5.74) is 3.94. The number of carbonyl (C=O) groups excluding carboxylic acids is 2. The Morgan fingerprint density at radius 3 is 2.53 bits per heavy atom. The van der Waals surface area contributed by atoms with Crippen molar-refractivity contribution in [3.63, 3.8) is 0 Å². The average Bonchev–Trinajstić information content (AvgIpc) is 3.57. The van der Waals surface area contributed by atoms with E-state index in [1.54, 1.807) is 38.2 Å². The van der Waals surface area contributed by atoms with Crippen LogP contribution in [0.15, 0.2) is 65.7 Å². The first-order valence-electron chi connectivity index (χ1n) is 14.7. The van der Waals surface area contributed by atoms with Gasteiger partial charge in [0.2, 0.25) is 0 Å². The molecule has 4 aromatic rings. The average molecular weight is 625 g/mol. The van der Waals surface area contributed by atoms with Crippen LogP contribution in [-0.2, 0) is 6.54 Å². The number of nitrogens with one attached hydrogen (secondary N) is 3. The van der Waals surface area contributed by atoms with Gasteiger partial charge in [-0.15, -0.1) is 0 Å². The topological polar surface area (TPSA) is 145 Å². The van der Waals surface area contributed by atoms with Gasteiger partial charge >= 0.3 is 6.03 Å². The van der Waals surface area contributed by atoms with Crippen molar-refractivity contribution in [3.05, 3.63) is 93.0 Å². The van der Waals surface area contributed by atoms with Gasteiger partial charge in [0.1, 0.15) is 5.69 Å². The molecule has 5 rings (SSSR count). The molecule has 0 saturated carbocycles. The van der Waals surface area contributed by atoms with E-state index in [-0.39, 0.29) is 23.2 Å². The van der Waals surface area contributed by atoms with E-state index in [1.165, 1.54) is 29.8 Å². The third kappa shape index (κ3) is 7.55. The van der Waals surface area contributed by atoms with Crippen molar-refractivity contribution in [2.45, 2.75) is 33.2 Å². The minimum Gasteiger partial charge on any atom is -0.351 e. The van der Waals surface area contributed by atoms with Gasteiger partial charge in [-0.05, 0) is 86.8 Å². The lowest BCUT2D eigenvalue weighted by atomic mass is 9.97. The van der Waals surface area contributed by atoms with Gasteiger partial charge in [0, 0.05) is 43.2 Å². The SMILES string of the molecule is CCn1nc(-c2cccc(-c3cc(C#N)cc(C(=O)NCCN4CCCC4)c3)c2)cc(NC(=O)Nc2c(C)cncc2Cl)c1=O. The monoisotopic (exact) mass is 624 g/mol. The summed E-state index contributed by atoms with van der Waals surface area (Å²) in [5, 5.41) is 22.8. The number of amides is 3. The second-order valence-corrected chi connectivity index (χ2v) is 11.2. The number of urea groups is 1. The molecule has 0 atom stereocenters. The third-order valence-corrected chi connectivity index (χ3v) is 7.86. The third-order valence-electron chi connectivity index (χ3n) is 7.58. The number of hydrogen-bond donors (Lipinski definition) is 3. The molecule has 45 heavy (non-hydrogen) atoms. The first-order chi connectivity index (χ1) is 21.7. The minimum absolute atomic E-state index is 0.0342. The summed E-state index contributed by atoms with van der Waals surface area (Å²) in [6, 6.07) is 15.5. The summed E-state index contributed by atoms with van der Waals surface area (Å²) in [6.07, 6.45) is 5.36. The summed E-state index contributed by atoms with van der Waals surface area (Å²) >= 11 is 6.20. The van der Waals surface area contributed by atoms with E-state index in [0.717, 1.165) is 25.2 Å². The summed E-state index contributed by atoms with van der Waals surface area (Å²) in [7, 11) is 0. The molecule has 0 bridgehead atoms. The van der Waals surface area contributed by atoms with Crippen LogP contribution in [0.3, 0.4) is 0 Å². The highest BCUT2D eigenvalue weighted by atomic mass is 35.5. The largest absolute Gasteiger partial charge is 0.351 e. The van der Waals surface area contributed by atoms with Gasteiger partial charge < -0.3 is 20.9 Å². The van der Waals surface area contributed by atoms with Crippen molar-refractivity contribution in [3.8, 4) is 28.5 Å². The minimum atomic E-state index is -0.642. The number of hydrogen-bond acceptors (Lipinski definition) is 7. The van der Waals surface area contributed by atoms with Crippen LogP contribution in [0, 0.1) is 18.3 Å². The van der Waals surface area contributed by atoms with E-state index in [1.807, 2.05) is 24.3 Å². The van der Waals surface area contributed by atoms with Crippen LogP contribution in [0.2, 0.25) is 5.02 Å². The van der Waals surface area contributed by atoms with Gasteiger partial charge in [0.05, 0.1) is 28.0 Å². The van der Waals surface area contributed by atoms with Gasteiger partial charge in [0.25, 0.3) is 11.5 Å². The Hall–Kier alpha value is -5.05. The number of pyridine rings is 1. The predicted octanol–water partition coefficient (Wildman–Crippen LogP) is 5.30. The second kappa shape index (κ2) is 14.2. The lowest BCUT2D eigenvalue weighted by Crippen LogP contribution is -2.33. The molecule has 2 aromatic heterocycles. The van der Waals surface area contributed by atoms with E-state index in [2.05, 4.69) is 37.0 Å². The lowest BCUT2D eigenvalue weighted by molar-refractivity contribution is 0.0949. The number of benzene rings is 2. The normalized spacial score (nSPS) is 12.8. The number of halogens is 1. The maximum Gasteiger partial charge on any atom is 0.323 e. The molecule has 2 aromatic carbocycles. The molecule has 1 aliphatic heterocycles. The van der Waals surface area contributed by atoms with Crippen LogP contribution in [0.1, 0.15) is 41.3 Å². The van der Waals surface area contributed by atoms with Gasteiger partial charge in [-0.1, -0.05) is 29.8 Å². The molecule has 230 valence electrons. The predicted molar refractivity (Wildman–Crippen MR) is 174 cm³/mol. The van der Waals surface area contributed by atoms with Crippen LogP contribution in [0.5, 0.6) is 0 Å². The Morgan fingerprint density at radius 2 is 1.80 bits per heavy atom. The zero-order chi connectivity index (χ0) is 31.9. The molecule has 3 heterocycles. The fourth-order valence-corrected chi connectivity index (χ4v) is 5.48. The summed E-state index contributed by atoms with van der Waals surface area (Å²) in [5.74, 6) is -0.238. The quantitative estimate of drug-likeness (QED) is 0.229. The molecule has 3 N–H and O–H groups in total. The van der Waals surface area contributed by atoms with Crippen LogP contribution >= 0.6 is 11.6 Å². The standard InChI is InChI=1S/C33H33ClN8O3/c1-3-42-32(44)29(38-33(45)39-30-21(2)19-36-20-27(30)34)17-28(40-42)24-8-6-7-23(15-24)25-13-22(18-35)14-26(16-25)31(43)37-9-12-41-10-4-5-11-41/h6-8,13-17,19-20H,3-5,9-12H2,1-2H3,(H,37,43)(H2,36,38,39,45). The molecule has 1 saturated heterocycles. The van der Waals surface area contributed by atoms with E-state index in [0.29, 0.717) is 45.7 Å². The Labute approximate surface area is 265 Å². The Balaban J connectivity index is 1.40. The van der Waals surface area contributed by atoms with Crippen molar-refractivity contribution in [2.75, 3.05) is 36.8 Å². The molecular formula is C33H33ClN8O3. The highest BCUT2D eigenvalue weighted by Gasteiger charge is 2.16. The number of nitrogens with zero attached hydrogens (tertiary/aromatic N) is 5. The highest BCUT2D eigenvalue weighted by molar-refractivity contribution is 6.33. The fraction of sp³-hybridized carbons (Fsp3) is 0.273. The number of nitriles is 1. The molecule has 3 amide bonds. The number of aromatic nitrogens is 3. The Bertz CT molecular complexity index is 1820. The number of anilines is 2. The van der Waals surface area contributed by atoms with E-state index in [9.17, 15) is 19.6 Å². The van der Waals surface area contributed by atoms with Gasteiger partial charge in [-0.3, -0.25) is 14.6 Å². The van der Waals surface area contributed by atoms with E-state index < -0.39 is 11.6 Å². The Morgan fingerprint density at radius 1 is 1.02 bits per heavy atom. The first-order valence-corrected chi connectivity index (χ1v) is 15.1.